The average molecular weight is 399 g/mol. The van der Waals surface area contributed by atoms with E-state index in [1.165, 1.54) is 5.56 Å². The van der Waals surface area contributed by atoms with Crippen LogP contribution < -0.4 is 14.2 Å². The minimum Gasteiger partial charge on any atom is -0.493 e. The van der Waals surface area contributed by atoms with Gasteiger partial charge in [0, 0.05) is 13.1 Å². The fraction of sp³-hybridized carbons (Fsp3) is 0.435. The Labute approximate surface area is 173 Å². The second kappa shape index (κ2) is 9.65. The van der Waals surface area contributed by atoms with Crippen molar-refractivity contribution < 1.29 is 19.0 Å². The van der Waals surface area contributed by atoms with Gasteiger partial charge < -0.3 is 24.0 Å². The topological polar surface area (TPSA) is 51.2 Å². The zero-order valence-corrected chi connectivity index (χ0v) is 17.7. The van der Waals surface area contributed by atoms with Gasteiger partial charge >= 0.3 is 0 Å². The highest BCUT2D eigenvalue weighted by molar-refractivity contribution is 5.97. The summed E-state index contributed by atoms with van der Waals surface area (Å²) in [4.78, 5) is 16.7. The number of rotatable bonds is 9. The van der Waals surface area contributed by atoms with Gasteiger partial charge in [-0.2, -0.15) is 0 Å². The Hall–Kier alpha value is -2.73. The minimum absolute atomic E-state index is 0.0583. The van der Waals surface area contributed by atoms with Crippen molar-refractivity contribution in [3.63, 3.8) is 0 Å². The number of aryl methyl sites for hydroxylation is 1. The molecular formula is C23H30N2O4. The van der Waals surface area contributed by atoms with Crippen molar-refractivity contribution in [1.29, 1.82) is 0 Å². The van der Waals surface area contributed by atoms with Crippen LogP contribution in [0, 0.1) is 6.92 Å². The lowest BCUT2D eigenvalue weighted by molar-refractivity contribution is 0.0511. The quantitative estimate of drug-likeness (QED) is 0.648. The fourth-order valence-electron chi connectivity index (χ4n) is 3.48. The van der Waals surface area contributed by atoms with E-state index in [9.17, 15) is 4.79 Å². The molecule has 6 heteroatoms. The molecule has 6 nitrogen and oxygen atoms in total. The van der Waals surface area contributed by atoms with Crippen molar-refractivity contribution in [2.75, 3.05) is 47.6 Å². The fourth-order valence-corrected chi connectivity index (χ4v) is 3.48. The molecule has 0 fully saturated rings. The number of hydrogen-bond donors (Lipinski definition) is 0. The molecule has 29 heavy (non-hydrogen) atoms. The Bertz CT molecular complexity index is 853. The van der Waals surface area contributed by atoms with Crippen LogP contribution in [0.25, 0.3) is 0 Å². The number of amides is 1. The zero-order valence-electron chi connectivity index (χ0n) is 17.7. The molecule has 0 spiro atoms. The molecule has 1 heterocycles. The molecule has 1 amide bonds. The largest absolute Gasteiger partial charge is 0.493 e. The molecule has 0 saturated carbocycles. The SMILES string of the molecule is COc1ccc(CCN(C)CCCN2COc3ccc(C)cc3C2=O)cc1OC. The van der Waals surface area contributed by atoms with Crippen molar-refractivity contribution >= 4 is 5.91 Å². The number of fused-ring (bicyclic) bond motifs is 1. The monoisotopic (exact) mass is 398 g/mol. The first-order valence-electron chi connectivity index (χ1n) is 9.94. The van der Waals surface area contributed by atoms with Crippen molar-refractivity contribution in [1.82, 2.24) is 9.80 Å². The van der Waals surface area contributed by atoms with Crippen molar-refractivity contribution in [3.8, 4) is 17.2 Å². The standard InChI is InChI=1S/C23H30N2O4/c1-17-6-8-20-19(14-17)23(26)25(16-29-20)12-5-11-24(2)13-10-18-7-9-21(27-3)22(15-18)28-4/h6-9,14-15H,5,10-13,16H2,1-4H3. The van der Waals surface area contributed by atoms with Gasteiger partial charge in [0.1, 0.15) is 5.75 Å². The highest BCUT2D eigenvalue weighted by Gasteiger charge is 2.25. The number of likely N-dealkylation sites (N-methyl/N-ethyl adjacent to an activating group) is 1. The van der Waals surface area contributed by atoms with Crippen LogP contribution in [0.4, 0.5) is 0 Å². The molecule has 3 rings (SSSR count). The summed E-state index contributed by atoms with van der Waals surface area (Å²) in [6.07, 6.45) is 1.83. The van der Waals surface area contributed by atoms with Crippen LogP contribution in [-0.4, -0.2) is 63.3 Å². The average Bonchev–Trinajstić information content (AvgIpc) is 2.74. The molecule has 0 aliphatic carbocycles. The molecule has 0 unspecified atom stereocenters. The maximum absolute atomic E-state index is 12.7. The Kier molecular flexibility index (Phi) is 6.99. The molecule has 0 bridgehead atoms. The molecule has 1 aliphatic rings. The number of carbonyl (C=O) groups is 1. The van der Waals surface area contributed by atoms with Gasteiger partial charge in [-0.15, -0.1) is 0 Å². The third-order valence-electron chi connectivity index (χ3n) is 5.23. The zero-order chi connectivity index (χ0) is 20.8. The minimum atomic E-state index is 0.0583. The molecule has 0 radical (unpaired) electrons. The second-order valence-corrected chi connectivity index (χ2v) is 7.44. The van der Waals surface area contributed by atoms with Crippen LogP contribution >= 0.6 is 0 Å². The van der Waals surface area contributed by atoms with Crippen LogP contribution in [0.2, 0.25) is 0 Å². The number of benzene rings is 2. The van der Waals surface area contributed by atoms with E-state index in [1.54, 1.807) is 19.1 Å². The van der Waals surface area contributed by atoms with E-state index in [2.05, 4.69) is 18.0 Å². The van der Waals surface area contributed by atoms with Gasteiger partial charge in [-0.25, -0.2) is 0 Å². The Morgan fingerprint density at radius 2 is 1.86 bits per heavy atom. The Balaban J connectivity index is 1.44. The van der Waals surface area contributed by atoms with Crippen LogP contribution in [0.5, 0.6) is 17.2 Å². The van der Waals surface area contributed by atoms with Crippen molar-refractivity contribution in [3.05, 3.63) is 53.1 Å². The van der Waals surface area contributed by atoms with E-state index in [1.807, 2.05) is 37.3 Å². The lowest BCUT2D eigenvalue weighted by Gasteiger charge is -2.29. The van der Waals surface area contributed by atoms with E-state index in [0.717, 1.165) is 43.0 Å². The maximum Gasteiger partial charge on any atom is 0.260 e. The molecule has 0 saturated heterocycles. The lowest BCUT2D eigenvalue weighted by atomic mass is 10.1. The first-order valence-corrected chi connectivity index (χ1v) is 9.94. The highest BCUT2D eigenvalue weighted by atomic mass is 16.5. The summed E-state index contributed by atoms with van der Waals surface area (Å²) in [5.74, 6) is 2.24. The first-order chi connectivity index (χ1) is 14.0. The number of methoxy groups -OCH3 is 2. The first kappa shape index (κ1) is 21.0. The molecule has 0 atom stereocenters. The van der Waals surface area contributed by atoms with Gasteiger partial charge in [-0.1, -0.05) is 17.7 Å². The number of hydrogen-bond acceptors (Lipinski definition) is 5. The summed E-state index contributed by atoms with van der Waals surface area (Å²) >= 11 is 0. The predicted molar refractivity (Wildman–Crippen MR) is 113 cm³/mol. The molecule has 2 aromatic carbocycles. The van der Waals surface area contributed by atoms with Gasteiger partial charge in [-0.3, -0.25) is 4.79 Å². The molecular weight excluding hydrogens is 368 g/mol. The lowest BCUT2D eigenvalue weighted by Crippen LogP contribution is -2.40. The summed E-state index contributed by atoms with van der Waals surface area (Å²) in [6.45, 7) is 4.84. The van der Waals surface area contributed by atoms with Gasteiger partial charge in [-0.05, 0) is 63.2 Å². The van der Waals surface area contributed by atoms with Gasteiger partial charge in [0.15, 0.2) is 18.2 Å². The van der Waals surface area contributed by atoms with E-state index in [0.29, 0.717) is 24.6 Å². The van der Waals surface area contributed by atoms with Gasteiger partial charge in [0.05, 0.1) is 19.8 Å². The van der Waals surface area contributed by atoms with Crippen LogP contribution in [0.1, 0.15) is 27.9 Å². The van der Waals surface area contributed by atoms with Crippen LogP contribution in [0.3, 0.4) is 0 Å². The number of nitrogens with zero attached hydrogens (tertiary/aromatic N) is 2. The van der Waals surface area contributed by atoms with Crippen LogP contribution in [-0.2, 0) is 6.42 Å². The van der Waals surface area contributed by atoms with Gasteiger partial charge in [0.2, 0.25) is 0 Å². The molecule has 2 aromatic rings. The summed E-state index contributed by atoms with van der Waals surface area (Å²) < 4.78 is 16.4. The predicted octanol–water partition coefficient (Wildman–Crippen LogP) is 3.37. The molecule has 0 N–H and O–H groups in total. The number of ether oxygens (including phenoxy) is 3. The van der Waals surface area contributed by atoms with Crippen molar-refractivity contribution in [2.24, 2.45) is 0 Å². The second-order valence-electron chi connectivity index (χ2n) is 7.44. The summed E-state index contributed by atoms with van der Waals surface area (Å²) in [5.41, 5.74) is 2.94. The molecule has 0 aromatic heterocycles. The highest BCUT2D eigenvalue weighted by Crippen LogP contribution is 2.28. The smallest absolute Gasteiger partial charge is 0.260 e. The molecule has 1 aliphatic heterocycles. The van der Waals surface area contributed by atoms with Gasteiger partial charge in [0.25, 0.3) is 5.91 Å². The third kappa shape index (κ3) is 5.21. The number of carbonyl (C=O) groups excluding carboxylic acids is 1. The Morgan fingerprint density at radius 3 is 2.62 bits per heavy atom. The van der Waals surface area contributed by atoms with Crippen LogP contribution in [0.15, 0.2) is 36.4 Å². The van der Waals surface area contributed by atoms with E-state index in [4.69, 9.17) is 14.2 Å². The Morgan fingerprint density at radius 1 is 1.07 bits per heavy atom. The summed E-state index contributed by atoms with van der Waals surface area (Å²) in [7, 11) is 5.40. The van der Waals surface area contributed by atoms with E-state index in [-0.39, 0.29) is 5.91 Å². The van der Waals surface area contributed by atoms with E-state index < -0.39 is 0 Å². The third-order valence-corrected chi connectivity index (χ3v) is 5.23. The summed E-state index contributed by atoms with van der Waals surface area (Å²) in [5, 5.41) is 0. The maximum atomic E-state index is 12.7. The van der Waals surface area contributed by atoms with E-state index >= 15 is 0 Å². The van der Waals surface area contributed by atoms with Crippen molar-refractivity contribution in [2.45, 2.75) is 19.8 Å². The normalized spacial score (nSPS) is 13.3. The molecule has 156 valence electrons. The summed E-state index contributed by atoms with van der Waals surface area (Å²) in [6, 6.07) is 11.8.